The highest BCUT2D eigenvalue weighted by Crippen LogP contribution is 2.44. The van der Waals surface area contributed by atoms with Crippen LogP contribution in [0.2, 0.25) is 0 Å². The Morgan fingerprint density at radius 3 is 2.10 bits per heavy atom. The normalized spacial score (nSPS) is 12.4. The molecule has 4 heteroatoms. The van der Waals surface area contributed by atoms with E-state index in [0.29, 0.717) is 25.1 Å². The third-order valence-corrected chi connectivity index (χ3v) is 5.31. The Morgan fingerprint density at radius 1 is 0.867 bits per heavy atom. The maximum atomic E-state index is 12.1. The van der Waals surface area contributed by atoms with Crippen LogP contribution in [0.4, 0.5) is 4.79 Å². The molecule has 1 amide bonds. The molecule has 3 aromatic rings. The molecule has 4 nitrogen and oxygen atoms in total. The van der Waals surface area contributed by atoms with E-state index < -0.39 is 6.09 Å². The molecule has 0 aliphatic heterocycles. The molecule has 0 bridgehead atoms. The van der Waals surface area contributed by atoms with Crippen LogP contribution in [-0.2, 0) is 4.74 Å². The van der Waals surface area contributed by atoms with Gasteiger partial charge in [0, 0.05) is 18.0 Å². The van der Waals surface area contributed by atoms with Crippen molar-refractivity contribution in [1.29, 1.82) is 0 Å². The molecule has 0 saturated heterocycles. The largest absolute Gasteiger partial charge is 0.449 e. The van der Waals surface area contributed by atoms with Gasteiger partial charge in [0.25, 0.3) is 0 Å². The number of benzene rings is 3. The number of fused-ring (bicyclic) bond motifs is 3. The number of hydrogen-bond acceptors (Lipinski definition) is 3. The summed E-state index contributed by atoms with van der Waals surface area (Å²) in [6, 6.07) is 23.9. The zero-order chi connectivity index (χ0) is 20.8. The number of carbonyl (C=O) groups is 2. The van der Waals surface area contributed by atoms with Gasteiger partial charge in [0.1, 0.15) is 12.9 Å². The first-order valence-corrected chi connectivity index (χ1v) is 10.1. The minimum atomic E-state index is -0.402. The average Bonchev–Trinajstić information content (AvgIpc) is 3.12. The van der Waals surface area contributed by atoms with Crippen LogP contribution in [0.25, 0.3) is 17.2 Å². The monoisotopic (exact) mass is 397 g/mol. The van der Waals surface area contributed by atoms with Gasteiger partial charge in [-0.2, -0.15) is 0 Å². The van der Waals surface area contributed by atoms with E-state index in [1.165, 1.54) is 22.3 Å². The summed E-state index contributed by atoms with van der Waals surface area (Å²) in [7, 11) is 0. The fraction of sp³-hybridized carbons (Fsp3) is 0.154. The highest BCUT2D eigenvalue weighted by molar-refractivity contribution is 5.79. The molecule has 0 radical (unpaired) electrons. The van der Waals surface area contributed by atoms with Crippen molar-refractivity contribution in [2.45, 2.75) is 12.3 Å². The summed E-state index contributed by atoms with van der Waals surface area (Å²) in [6.07, 6.45) is 5.07. The van der Waals surface area contributed by atoms with E-state index in [0.717, 1.165) is 11.8 Å². The molecular formula is C26H23NO3. The summed E-state index contributed by atoms with van der Waals surface area (Å²) >= 11 is 0. The number of nitrogens with one attached hydrogen (secondary N) is 1. The molecule has 1 aliphatic rings. The highest BCUT2D eigenvalue weighted by atomic mass is 16.5. The van der Waals surface area contributed by atoms with Crippen molar-refractivity contribution in [3.05, 3.63) is 101 Å². The predicted octanol–water partition coefficient (Wildman–Crippen LogP) is 5.44. The van der Waals surface area contributed by atoms with Crippen LogP contribution in [0, 0.1) is 0 Å². The van der Waals surface area contributed by atoms with E-state index in [1.54, 1.807) is 12.1 Å². The van der Waals surface area contributed by atoms with Gasteiger partial charge in [0.15, 0.2) is 0 Å². The van der Waals surface area contributed by atoms with E-state index >= 15 is 0 Å². The molecule has 0 atom stereocenters. The first kappa shape index (κ1) is 19.6. The average molecular weight is 397 g/mol. The van der Waals surface area contributed by atoms with E-state index in [2.05, 4.69) is 29.6 Å². The molecule has 1 aliphatic carbocycles. The minimum Gasteiger partial charge on any atom is -0.449 e. The van der Waals surface area contributed by atoms with E-state index in [-0.39, 0.29) is 5.92 Å². The molecule has 4 rings (SSSR count). The minimum absolute atomic E-state index is 0.0670. The smallest absolute Gasteiger partial charge is 0.407 e. The molecule has 0 saturated carbocycles. The van der Waals surface area contributed by atoms with Crippen molar-refractivity contribution in [3.63, 3.8) is 0 Å². The zero-order valence-electron chi connectivity index (χ0n) is 16.6. The van der Waals surface area contributed by atoms with Crippen LogP contribution in [0.15, 0.2) is 78.9 Å². The van der Waals surface area contributed by atoms with Crippen molar-refractivity contribution in [2.24, 2.45) is 0 Å². The summed E-state index contributed by atoms with van der Waals surface area (Å²) in [5, 5.41) is 2.80. The second-order valence-corrected chi connectivity index (χ2v) is 7.23. The topological polar surface area (TPSA) is 55.4 Å². The predicted molar refractivity (Wildman–Crippen MR) is 119 cm³/mol. The first-order chi connectivity index (χ1) is 14.8. The summed E-state index contributed by atoms with van der Waals surface area (Å²) < 4.78 is 5.52. The SMILES string of the molecule is O=Cc1ccc(C=CCCNC(=O)OCC2c3ccccc3-c3ccccc32)cc1. The van der Waals surface area contributed by atoms with Gasteiger partial charge in [0.2, 0.25) is 0 Å². The van der Waals surface area contributed by atoms with Crippen molar-refractivity contribution in [1.82, 2.24) is 5.32 Å². The summed E-state index contributed by atoms with van der Waals surface area (Å²) in [6.45, 7) is 0.818. The maximum absolute atomic E-state index is 12.1. The third kappa shape index (κ3) is 4.33. The molecule has 0 unspecified atom stereocenters. The van der Waals surface area contributed by atoms with Crippen LogP contribution in [0.3, 0.4) is 0 Å². The standard InChI is InChI=1S/C26H23NO3/c28-17-20-14-12-19(13-15-20)7-5-6-16-27-26(29)30-18-25-23-10-3-1-8-21(23)22-9-2-4-11-24(22)25/h1-5,7-15,17,25H,6,16,18H2,(H,27,29). The fourth-order valence-corrected chi connectivity index (χ4v) is 3.81. The third-order valence-electron chi connectivity index (χ3n) is 5.31. The number of alkyl carbamates (subject to hydrolysis) is 1. The summed E-state index contributed by atoms with van der Waals surface area (Å²) in [5.74, 6) is 0.0670. The van der Waals surface area contributed by atoms with Gasteiger partial charge in [-0.05, 0) is 34.2 Å². The second kappa shape index (κ2) is 9.23. The number of amides is 1. The molecule has 0 aromatic heterocycles. The number of hydrogen-bond donors (Lipinski definition) is 1. The van der Waals surface area contributed by atoms with E-state index in [4.69, 9.17) is 4.74 Å². The quantitative estimate of drug-likeness (QED) is 0.427. The van der Waals surface area contributed by atoms with Crippen LogP contribution in [0.1, 0.15) is 39.4 Å². The number of carbonyl (C=O) groups excluding carboxylic acids is 2. The van der Waals surface area contributed by atoms with Gasteiger partial charge >= 0.3 is 6.09 Å². The van der Waals surface area contributed by atoms with E-state index in [1.807, 2.05) is 48.6 Å². The maximum Gasteiger partial charge on any atom is 0.407 e. The lowest BCUT2D eigenvalue weighted by Gasteiger charge is -2.14. The molecule has 3 aromatic carbocycles. The van der Waals surface area contributed by atoms with Gasteiger partial charge in [-0.15, -0.1) is 0 Å². The number of ether oxygens (including phenoxy) is 1. The molecule has 0 spiro atoms. The van der Waals surface area contributed by atoms with Gasteiger partial charge in [-0.25, -0.2) is 4.79 Å². The Kier molecular flexibility index (Phi) is 6.04. The second-order valence-electron chi connectivity index (χ2n) is 7.23. The number of rotatable bonds is 7. The summed E-state index contributed by atoms with van der Waals surface area (Å²) in [5.41, 5.74) is 6.51. The van der Waals surface area contributed by atoms with E-state index in [9.17, 15) is 9.59 Å². The lowest BCUT2D eigenvalue weighted by atomic mass is 9.98. The Labute approximate surface area is 176 Å². The Balaban J connectivity index is 1.26. The van der Waals surface area contributed by atoms with Crippen molar-refractivity contribution in [3.8, 4) is 11.1 Å². The molecule has 0 heterocycles. The van der Waals surface area contributed by atoms with Crippen molar-refractivity contribution < 1.29 is 14.3 Å². The molecule has 150 valence electrons. The Hall–Kier alpha value is -3.66. The summed E-state index contributed by atoms with van der Waals surface area (Å²) in [4.78, 5) is 22.8. The lowest BCUT2D eigenvalue weighted by Crippen LogP contribution is -2.26. The van der Waals surface area contributed by atoms with Gasteiger partial charge in [-0.3, -0.25) is 4.79 Å². The van der Waals surface area contributed by atoms with Crippen LogP contribution < -0.4 is 5.32 Å². The van der Waals surface area contributed by atoms with Crippen LogP contribution in [0.5, 0.6) is 0 Å². The Morgan fingerprint density at radius 2 is 1.47 bits per heavy atom. The van der Waals surface area contributed by atoms with Gasteiger partial charge < -0.3 is 10.1 Å². The molecule has 0 fully saturated rings. The lowest BCUT2D eigenvalue weighted by molar-refractivity contribution is 0.112. The first-order valence-electron chi connectivity index (χ1n) is 10.1. The molecular weight excluding hydrogens is 374 g/mol. The molecule has 1 N–H and O–H groups in total. The van der Waals surface area contributed by atoms with Gasteiger partial charge in [-0.1, -0.05) is 84.9 Å². The fourth-order valence-electron chi connectivity index (χ4n) is 3.81. The van der Waals surface area contributed by atoms with Gasteiger partial charge in [0.05, 0.1) is 0 Å². The molecule has 30 heavy (non-hydrogen) atoms. The van der Waals surface area contributed by atoms with Crippen LogP contribution in [-0.4, -0.2) is 25.5 Å². The Bertz CT molecular complexity index is 1020. The number of aldehydes is 1. The van der Waals surface area contributed by atoms with Crippen molar-refractivity contribution >= 4 is 18.5 Å². The zero-order valence-corrected chi connectivity index (χ0v) is 16.6. The van der Waals surface area contributed by atoms with Crippen molar-refractivity contribution in [2.75, 3.05) is 13.2 Å². The highest BCUT2D eigenvalue weighted by Gasteiger charge is 2.28. The van der Waals surface area contributed by atoms with Crippen LogP contribution >= 0.6 is 0 Å².